The van der Waals surface area contributed by atoms with Crippen LogP contribution in [0.3, 0.4) is 0 Å². The van der Waals surface area contributed by atoms with Crippen molar-refractivity contribution in [2.24, 2.45) is 0 Å². The molecule has 0 aromatic heterocycles. The fourth-order valence-electron chi connectivity index (χ4n) is 2.01. The summed E-state index contributed by atoms with van der Waals surface area (Å²) in [6.45, 7) is 2.05. The zero-order valence-corrected chi connectivity index (χ0v) is 9.06. The van der Waals surface area contributed by atoms with Crippen LogP contribution in [0.25, 0.3) is 0 Å². The Hall–Kier alpha value is -0.730. The highest BCUT2D eigenvalue weighted by Gasteiger charge is 2.23. The Bertz CT molecular complexity index is 325. The molecule has 2 rings (SSSR count). The van der Waals surface area contributed by atoms with Crippen LogP contribution in [-0.2, 0) is 0 Å². The maximum absolute atomic E-state index is 6.18. The Morgan fingerprint density at radius 3 is 3.21 bits per heavy atom. The summed E-state index contributed by atoms with van der Waals surface area (Å²) in [5.41, 5.74) is 2.50. The fourth-order valence-corrected chi connectivity index (χ4v) is 2.34. The lowest BCUT2D eigenvalue weighted by Crippen LogP contribution is -2.13. The first-order valence-electron chi connectivity index (χ1n) is 5.00. The van der Waals surface area contributed by atoms with Gasteiger partial charge in [-0.05, 0) is 37.7 Å². The van der Waals surface area contributed by atoms with Crippen molar-refractivity contribution < 1.29 is 0 Å². The number of anilines is 1. The van der Waals surface area contributed by atoms with Gasteiger partial charge in [0.25, 0.3) is 0 Å². The summed E-state index contributed by atoms with van der Waals surface area (Å²) in [4.78, 5) is 0. The van der Waals surface area contributed by atoms with E-state index in [1.807, 2.05) is 19.2 Å². The Kier molecular flexibility index (Phi) is 2.94. The zero-order valence-electron chi connectivity index (χ0n) is 8.31. The van der Waals surface area contributed by atoms with Crippen LogP contribution in [0.2, 0.25) is 5.02 Å². The maximum Gasteiger partial charge on any atom is 0.0462 e. The molecule has 1 aliphatic heterocycles. The molecule has 76 valence electrons. The first kappa shape index (κ1) is 9.81. The van der Waals surface area contributed by atoms with Gasteiger partial charge in [-0.1, -0.05) is 17.7 Å². The molecule has 1 aliphatic rings. The van der Waals surface area contributed by atoms with Crippen LogP contribution in [0.15, 0.2) is 18.2 Å². The average Bonchev–Trinajstić information content (AvgIpc) is 2.59. The van der Waals surface area contributed by atoms with E-state index in [0.29, 0.717) is 5.92 Å². The molecule has 1 atom stereocenters. The summed E-state index contributed by atoms with van der Waals surface area (Å²) in [6, 6.07) is 6.06. The van der Waals surface area contributed by atoms with E-state index < -0.39 is 0 Å². The van der Waals surface area contributed by atoms with Gasteiger partial charge in [0, 0.05) is 23.2 Å². The average molecular weight is 211 g/mol. The number of rotatable bonds is 3. The van der Waals surface area contributed by atoms with E-state index in [-0.39, 0.29) is 0 Å². The summed E-state index contributed by atoms with van der Waals surface area (Å²) in [6.07, 6.45) is 1.14. The van der Waals surface area contributed by atoms with Crippen molar-refractivity contribution in [2.75, 3.05) is 25.5 Å². The maximum atomic E-state index is 6.18. The quantitative estimate of drug-likeness (QED) is 0.801. The number of benzene rings is 1. The molecule has 0 bridgehead atoms. The second-order valence-corrected chi connectivity index (χ2v) is 4.08. The smallest absolute Gasteiger partial charge is 0.0462 e. The highest BCUT2D eigenvalue weighted by molar-refractivity contribution is 6.31. The van der Waals surface area contributed by atoms with Crippen molar-refractivity contribution >= 4 is 17.3 Å². The van der Waals surface area contributed by atoms with Crippen LogP contribution in [0, 0.1) is 0 Å². The van der Waals surface area contributed by atoms with Gasteiger partial charge in [0.2, 0.25) is 0 Å². The third kappa shape index (κ3) is 1.72. The lowest BCUT2D eigenvalue weighted by Gasteiger charge is -2.10. The van der Waals surface area contributed by atoms with Crippen LogP contribution in [-0.4, -0.2) is 20.1 Å². The van der Waals surface area contributed by atoms with Crippen molar-refractivity contribution in [3.8, 4) is 0 Å². The second-order valence-electron chi connectivity index (χ2n) is 3.67. The van der Waals surface area contributed by atoms with E-state index in [9.17, 15) is 0 Å². The van der Waals surface area contributed by atoms with Crippen molar-refractivity contribution in [1.82, 2.24) is 5.32 Å². The first-order chi connectivity index (χ1) is 6.83. The molecule has 1 aromatic rings. The van der Waals surface area contributed by atoms with Gasteiger partial charge >= 0.3 is 0 Å². The molecule has 14 heavy (non-hydrogen) atoms. The summed E-state index contributed by atoms with van der Waals surface area (Å²) in [5, 5.41) is 7.46. The van der Waals surface area contributed by atoms with E-state index >= 15 is 0 Å². The molecule has 1 aromatic carbocycles. The molecular formula is C11H15ClN2. The molecule has 3 heteroatoms. The molecule has 0 fully saturated rings. The summed E-state index contributed by atoms with van der Waals surface area (Å²) in [5.74, 6) is 0.561. The van der Waals surface area contributed by atoms with Gasteiger partial charge in [-0.15, -0.1) is 0 Å². The van der Waals surface area contributed by atoms with Crippen molar-refractivity contribution in [3.05, 3.63) is 28.8 Å². The molecule has 0 aliphatic carbocycles. The predicted octanol–water partition coefficient (Wildman–Crippen LogP) is 2.46. The van der Waals surface area contributed by atoms with Gasteiger partial charge in [0.05, 0.1) is 0 Å². The fraction of sp³-hybridized carbons (Fsp3) is 0.455. The Balaban J connectivity index is 2.20. The lowest BCUT2D eigenvalue weighted by molar-refractivity contribution is 0.634. The summed E-state index contributed by atoms with van der Waals surface area (Å²) < 4.78 is 0. The molecular weight excluding hydrogens is 196 g/mol. The van der Waals surface area contributed by atoms with Gasteiger partial charge in [-0.2, -0.15) is 0 Å². The first-order valence-corrected chi connectivity index (χ1v) is 5.37. The minimum atomic E-state index is 0.561. The standard InChI is InChI=1S/C11H15ClN2/c1-13-6-5-8-7-14-10-4-2-3-9(12)11(8)10/h2-4,8,13-14H,5-7H2,1H3. The highest BCUT2D eigenvalue weighted by atomic mass is 35.5. The molecule has 0 spiro atoms. The molecule has 1 heterocycles. The lowest BCUT2D eigenvalue weighted by atomic mass is 9.98. The normalized spacial score (nSPS) is 19.1. The van der Waals surface area contributed by atoms with E-state index in [4.69, 9.17) is 11.6 Å². The molecule has 2 nitrogen and oxygen atoms in total. The van der Waals surface area contributed by atoms with Crippen LogP contribution in [0.4, 0.5) is 5.69 Å². The monoisotopic (exact) mass is 210 g/mol. The number of nitrogens with one attached hydrogen (secondary N) is 2. The number of hydrogen-bond acceptors (Lipinski definition) is 2. The van der Waals surface area contributed by atoms with Crippen molar-refractivity contribution in [1.29, 1.82) is 0 Å². The van der Waals surface area contributed by atoms with Gasteiger partial charge < -0.3 is 10.6 Å². The largest absolute Gasteiger partial charge is 0.384 e. The minimum absolute atomic E-state index is 0.561. The van der Waals surface area contributed by atoms with Gasteiger partial charge in [-0.25, -0.2) is 0 Å². The summed E-state index contributed by atoms with van der Waals surface area (Å²) in [7, 11) is 1.98. The molecule has 0 saturated heterocycles. The van der Waals surface area contributed by atoms with Crippen LogP contribution in [0.5, 0.6) is 0 Å². The second kappa shape index (κ2) is 4.20. The third-order valence-electron chi connectivity index (χ3n) is 2.74. The van der Waals surface area contributed by atoms with Crippen LogP contribution < -0.4 is 10.6 Å². The van der Waals surface area contributed by atoms with Crippen molar-refractivity contribution in [2.45, 2.75) is 12.3 Å². The molecule has 2 N–H and O–H groups in total. The molecule has 0 saturated carbocycles. The Morgan fingerprint density at radius 2 is 2.43 bits per heavy atom. The number of hydrogen-bond donors (Lipinski definition) is 2. The highest BCUT2D eigenvalue weighted by Crippen LogP contribution is 2.38. The third-order valence-corrected chi connectivity index (χ3v) is 3.07. The van der Waals surface area contributed by atoms with Gasteiger partial charge in [-0.3, -0.25) is 0 Å². The zero-order chi connectivity index (χ0) is 9.97. The SMILES string of the molecule is CNCCC1CNc2cccc(Cl)c21. The van der Waals surface area contributed by atoms with E-state index in [0.717, 1.165) is 24.5 Å². The number of fused-ring (bicyclic) bond motifs is 1. The topological polar surface area (TPSA) is 24.1 Å². The van der Waals surface area contributed by atoms with E-state index in [1.165, 1.54) is 11.3 Å². The Labute approximate surface area is 89.7 Å². The van der Waals surface area contributed by atoms with Gasteiger partial charge in [0.1, 0.15) is 0 Å². The molecule has 0 amide bonds. The van der Waals surface area contributed by atoms with Gasteiger partial charge in [0.15, 0.2) is 0 Å². The van der Waals surface area contributed by atoms with E-state index in [1.54, 1.807) is 0 Å². The summed E-state index contributed by atoms with van der Waals surface area (Å²) >= 11 is 6.18. The Morgan fingerprint density at radius 1 is 1.57 bits per heavy atom. The predicted molar refractivity (Wildman–Crippen MR) is 61.2 cm³/mol. The molecule has 0 radical (unpaired) electrons. The van der Waals surface area contributed by atoms with Crippen LogP contribution in [0.1, 0.15) is 17.9 Å². The minimum Gasteiger partial charge on any atom is -0.384 e. The van der Waals surface area contributed by atoms with E-state index in [2.05, 4.69) is 16.7 Å². The van der Waals surface area contributed by atoms with Crippen molar-refractivity contribution in [3.63, 3.8) is 0 Å². The number of halogens is 1. The molecule has 1 unspecified atom stereocenters. The van der Waals surface area contributed by atoms with Crippen LogP contribution >= 0.6 is 11.6 Å².